The molecule has 1 fully saturated rings. The summed E-state index contributed by atoms with van der Waals surface area (Å²) in [5.41, 5.74) is -1.09. The number of esters is 1. The smallest absolute Gasteiger partial charge is 0.340 e. The number of nitriles is 1. The predicted molar refractivity (Wildman–Crippen MR) is 92.9 cm³/mol. The average Bonchev–Trinajstić information content (AvgIpc) is 3.08. The standard InChI is InChI=1S/C16H18ClN3O5S/c1-19-26(23,24)11-4-5-13(17)12(8-11)15(22)25-9-14(21)20-16(10-18)6-2-3-7-16/h4-5,8,19H,2-3,6-7,9H2,1H3,(H,20,21). The largest absolute Gasteiger partial charge is 0.452 e. The molecule has 0 aliphatic heterocycles. The molecular weight excluding hydrogens is 382 g/mol. The molecule has 0 radical (unpaired) electrons. The number of carbonyl (C=O) groups is 2. The van der Waals surface area contributed by atoms with E-state index in [-0.39, 0.29) is 15.5 Å². The first-order chi connectivity index (χ1) is 12.2. The lowest BCUT2D eigenvalue weighted by Gasteiger charge is -2.21. The van der Waals surface area contributed by atoms with E-state index in [2.05, 4.69) is 16.1 Å². The van der Waals surface area contributed by atoms with Gasteiger partial charge >= 0.3 is 5.97 Å². The van der Waals surface area contributed by atoms with E-state index < -0.39 is 34.0 Å². The quantitative estimate of drug-likeness (QED) is 0.695. The molecule has 2 rings (SSSR count). The molecule has 0 aromatic heterocycles. The molecule has 1 amide bonds. The molecule has 0 atom stereocenters. The molecular formula is C16H18ClN3O5S. The van der Waals surface area contributed by atoms with Crippen LogP contribution in [0.5, 0.6) is 0 Å². The molecule has 0 heterocycles. The third-order valence-electron chi connectivity index (χ3n) is 4.12. The van der Waals surface area contributed by atoms with E-state index in [9.17, 15) is 23.3 Å². The van der Waals surface area contributed by atoms with Crippen LogP contribution in [-0.4, -0.2) is 39.5 Å². The van der Waals surface area contributed by atoms with Gasteiger partial charge in [0, 0.05) is 0 Å². The number of halogens is 1. The number of sulfonamides is 1. The minimum atomic E-state index is -3.76. The number of ether oxygens (including phenoxy) is 1. The molecule has 0 bridgehead atoms. The zero-order chi connectivity index (χ0) is 19.4. The molecule has 140 valence electrons. The molecule has 1 aromatic rings. The van der Waals surface area contributed by atoms with Crippen molar-refractivity contribution in [1.82, 2.24) is 10.0 Å². The maximum absolute atomic E-state index is 12.2. The minimum Gasteiger partial charge on any atom is -0.452 e. The lowest BCUT2D eigenvalue weighted by atomic mass is 10.00. The van der Waals surface area contributed by atoms with Crippen molar-refractivity contribution in [3.05, 3.63) is 28.8 Å². The number of carbonyl (C=O) groups excluding carboxylic acids is 2. The van der Waals surface area contributed by atoms with Crippen molar-refractivity contribution in [2.45, 2.75) is 36.1 Å². The highest BCUT2D eigenvalue weighted by Crippen LogP contribution is 2.28. The molecule has 1 aromatic carbocycles. The second kappa shape index (κ2) is 8.03. The summed E-state index contributed by atoms with van der Waals surface area (Å²) in [5, 5.41) is 11.8. The summed E-state index contributed by atoms with van der Waals surface area (Å²) in [6, 6.07) is 5.67. The van der Waals surface area contributed by atoms with E-state index in [0.717, 1.165) is 18.9 Å². The van der Waals surface area contributed by atoms with Crippen LogP contribution < -0.4 is 10.0 Å². The van der Waals surface area contributed by atoms with Crippen molar-refractivity contribution in [3.63, 3.8) is 0 Å². The van der Waals surface area contributed by atoms with Crippen LogP contribution in [0.4, 0.5) is 0 Å². The molecule has 1 aliphatic carbocycles. The van der Waals surface area contributed by atoms with Crippen molar-refractivity contribution in [3.8, 4) is 6.07 Å². The van der Waals surface area contributed by atoms with Gasteiger partial charge in [0.25, 0.3) is 5.91 Å². The Bertz CT molecular complexity index is 857. The monoisotopic (exact) mass is 399 g/mol. The van der Waals surface area contributed by atoms with E-state index in [1.54, 1.807) is 0 Å². The van der Waals surface area contributed by atoms with Gasteiger partial charge in [-0.15, -0.1) is 0 Å². The average molecular weight is 400 g/mol. The number of hydrogen-bond donors (Lipinski definition) is 2. The third kappa shape index (κ3) is 4.52. The van der Waals surface area contributed by atoms with Crippen LogP contribution in [0.2, 0.25) is 5.02 Å². The lowest BCUT2D eigenvalue weighted by molar-refractivity contribution is -0.125. The second-order valence-electron chi connectivity index (χ2n) is 5.87. The van der Waals surface area contributed by atoms with E-state index >= 15 is 0 Å². The van der Waals surface area contributed by atoms with Crippen LogP contribution in [0, 0.1) is 11.3 Å². The van der Waals surface area contributed by atoms with Crippen molar-refractivity contribution in [2.24, 2.45) is 0 Å². The predicted octanol–water partition coefficient (Wildman–Crippen LogP) is 1.36. The molecule has 26 heavy (non-hydrogen) atoms. The Kier molecular flexibility index (Phi) is 6.23. The van der Waals surface area contributed by atoms with Gasteiger partial charge < -0.3 is 10.1 Å². The van der Waals surface area contributed by atoms with Gasteiger partial charge in [0.2, 0.25) is 10.0 Å². The molecule has 0 unspecified atom stereocenters. The summed E-state index contributed by atoms with van der Waals surface area (Å²) in [6.45, 7) is -0.596. The summed E-state index contributed by atoms with van der Waals surface area (Å²) in [5.74, 6) is -1.53. The maximum atomic E-state index is 12.2. The first kappa shape index (κ1) is 20.2. The topological polar surface area (TPSA) is 125 Å². The Balaban J connectivity index is 2.05. The summed E-state index contributed by atoms with van der Waals surface area (Å²) in [4.78, 5) is 24.0. The fourth-order valence-electron chi connectivity index (χ4n) is 2.70. The highest BCUT2D eigenvalue weighted by Gasteiger charge is 2.35. The Labute approximate surface area is 156 Å². The van der Waals surface area contributed by atoms with Gasteiger partial charge in [-0.25, -0.2) is 17.9 Å². The van der Waals surface area contributed by atoms with Gasteiger partial charge in [-0.05, 0) is 50.9 Å². The Hall–Kier alpha value is -2.15. The Morgan fingerprint density at radius 1 is 1.35 bits per heavy atom. The Morgan fingerprint density at radius 3 is 2.58 bits per heavy atom. The van der Waals surface area contributed by atoms with Crippen LogP contribution in [0.15, 0.2) is 23.1 Å². The Morgan fingerprint density at radius 2 is 2.00 bits per heavy atom. The van der Waals surface area contributed by atoms with Gasteiger partial charge in [0.15, 0.2) is 6.61 Å². The number of benzene rings is 1. The fraction of sp³-hybridized carbons (Fsp3) is 0.438. The van der Waals surface area contributed by atoms with E-state index in [4.69, 9.17) is 16.3 Å². The van der Waals surface area contributed by atoms with Gasteiger partial charge in [-0.3, -0.25) is 4.79 Å². The lowest BCUT2D eigenvalue weighted by Crippen LogP contribution is -2.46. The summed E-state index contributed by atoms with van der Waals surface area (Å²) in [6.07, 6.45) is 2.80. The zero-order valence-corrected chi connectivity index (χ0v) is 15.6. The molecule has 1 aliphatic rings. The van der Waals surface area contributed by atoms with Crippen molar-refractivity contribution in [1.29, 1.82) is 5.26 Å². The van der Waals surface area contributed by atoms with Crippen LogP contribution >= 0.6 is 11.6 Å². The number of hydrogen-bond acceptors (Lipinski definition) is 6. The highest BCUT2D eigenvalue weighted by atomic mass is 35.5. The SMILES string of the molecule is CNS(=O)(=O)c1ccc(Cl)c(C(=O)OCC(=O)NC2(C#N)CCCC2)c1. The van der Waals surface area contributed by atoms with Crippen LogP contribution in [0.3, 0.4) is 0 Å². The van der Waals surface area contributed by atoms with Crippen LogP contribution in [0.1, 0.15) is 36.0 Å². The first-order valence-corrected chi connectivity index (χ1v) is 9.72. The van der Waals surface area contributed by atoms with Crippen molar-refractivity contribution in [2.75, 3.05) is 13.7 Å². The summed E-state index contributed by atoms with van der Waals surface area (Å²) >= 11 is 5.92. The normalized spacial score (nSPS) is 15.9. The van der Waals surface area contributed by atoms with Gasteiger partial charge in [0.05, 0.1) is 21.6 Å². The summed E-state index contributed by atoms with van der Waals surface area (Å²) in [7, 11) is -2.52. The van der Waals surface area contributed by atoms with E-state index in [1.165, 1.54) is 19.2 Å². The number of amides is 1. The summed E-state index contributed by atoms with van der Waals surface area (Å²) < 4.78 is 30.7. The minimum absolute atomic E-state index is 0.00486. The number of nitrogens with zero attached hydrogens (tertiary/aromatic N) is 1. The molecule has 2 N–H and O–H groups in total. The van der Waals surface area contributed by atoms with Crippen LogP contribution in [0.25, 0.3) is 0 Å². The van der Waals surface area contributed by atoms with Crippen molar-refractivity contribution < 1.29 is 22.7 Å². The first-order valence-electron chi connectivity index (χ1n) is 7.85. The molecule has 1 saturated carbocycles. The molecule has 0 spiro atoms. The number of nitrogens with one attached hydrogen (secondary N) is 2. The highest BCUT2D eigenvalue weighted by molar-refractivity contribution is 7.89. The fourth-order valence-corrected chi connectivity index (χ4v) is 3.65. The molecule has 8 nitrogen and oxygen atoms in total. The van der Waals surface area contributed by atoms with Gasteiger partial charge in [0.1, 0.15) is 5.54 Å². The third-order valence-corrected chi connectivity index (χ3v) is 5.86. The molecule has 0 saturated heterocycles. The van der Waals surface area contributed by atoms with E-state index in [1.807, 2.05) is 0 Å². The van der Waals surface area contributed by atoms with Crippen LogP contribution in [-0.2, 0) is 19.6 Å². The second-order valence-corrected chi connectivity index (χ2v) is 8.17. The maximum Gasteiger partial charge on any atom is 0.340 e. The number of rotatable bonds is 6. The van der Waals surface area contributed by atoms with E-state index in [0.29, 0.717) is 12.8 Å². The zero-order valence-electron chi connectivity index (χ0n) is 14.0. The van der Waals surface area contributed by atoms with Gasteiger partial charge in [-0.2, -0.15) is 5.26 Å². The molecule has 10 heteroatoms. The van der Waals surface area contributed by atoms with Gasteiger partial charge in [-0.1, -0.05) is 11.6 Å². The van der Waals surface area contributed by atoms with Crippen molar-refractivity contribution >= 4 is 33.5 Å².